The molecule has 0 saturated carbocycles. The molecule has 0 saturated heterocycles. The number of hydrogen-bond acceptors (Lipinski definition) is 6. The van der Waals surface area contributed by atoms with Crippen molar-refractivity contribution in [2.75, 3.05) is 10.2 Å². The minimum atomic E-state index is -0.376. The van der Waals surface area contributed by atoms with Crippen LogP contribution in [0, 0.1) is 0 Å². The van der Waals surface area contributed by atoms with Gasteiger partial charge in [0, 0.05) is 13.0 Å². The highest BCUT2D eigenvalue weighted by atomic mass is 32.1. The summed E-state index contributed by atoms with van der Waals surface area (Å²) in [5.41, 5.74) is 2.13. The van der Waals surface area contributed by atoms with E-state index in [1.54, 1.807) is 48.5 Å². The van der Waals surface area contributed by atoms with Crippen molar-refractivity contribution < 1.29 is 14.4 Å². The number of aryl methyl sites for hydroxylation is 1. The first-order valence-electron chi connectivity index (χ1n) is 9.51. The molecule has 1 aliphatic rings. The van der Waals surface area contributed by atoms with Crippen LogP contribution in [0.3, 0.4) is 0 Å². The lowest BCUT2D eigenvalue weighted by molar-refractivity contribution is 0.0926. The molecule has 0 fully saturated rings. The number of urea groups is 1. The maximum atomic E-state index is 12.6. The molecule has 152 valence electrons. The largest absolute Gasteiger partial charge is 0.334 e. The van der Waals surface area contributed by atoms with Crippen LogP contribution in [-0.2, 0) is 13.0 Å². The molecule has 9 heteroatoms. The molecule has 0 unspecified atom stereocenters. The monoisotopic (exact) mass is 421 g/mol. The Morgan fingerprint density at radius 1 is 1.00 bits per heavy atom. The number of nitrogens with zero attached hydrogens (tertiary/aromatic N) is 3. The topological polar surface area (TPSA) is 104 Å². The molecular weight excluding hydrogens is 402 g/mol. The van der Waals surface area contributed by atoms with E-state index >= 15 is 0 Å². The second-order valence-corrected chi connectivity index (χ2v) is 7.78. The number of imide groups is 1. The van der Waals surface area contributed by atoms with Crippen LogP contribution in [0.25, 0.3) is 0 Å². The van der Waals surface area contributed by atoms with E-state index < -0.39 is 0 Å². The second-order valence-electron chi connectivity index (χ2n) is 6.72. The zero-order valence-electron chi connectivity index (χ0n) is 16.2. The van der Waals surface area contributed by atoms with Gasteiger partial charge in [0.25, 0.3) is 11.8 Å². The molecule has 0 atom stereocenters. The predicted molar refractivity (Wildman–Crippen MR) is 114 cm³/mol. The molecule has 1 aromatic heterocycles. The quantitative estimate of drug-likeness (QED) is 0.592. The minimum Gasteiger partial charge on any atom is -0.334 e. The summed E-state index contributed by atoms with van der Waals surface area (Å²) in [5.74, 6) is -0.666. The Morgan fingerprint density at radius 2 is 1.67 bits per heavy atom. The number of carbonyl (C=O) groups excluding carboxylic acids is 3. The highest BCUT2D eigenvalue weighted by Crippen LogP contribution is 2.28. The summed E-state index contributed by atoms with van der Waals surface area (Å²) >= 11 is 1.36. The molecular formula is C21H19N5O3S. The minimum absolute atomic E-state index is 0.287. The number of rotatable bonds is 6. The fourth-order valence-electron chi connectivity index (χ4n) is 3.13. The summed E-state index contributed by atoms with van der Waals surface area (Å²) in [6.07, 6.45) is 1.80. The van der Waals surface area contributed by atoms with Crippen molar-refractivity contribution in [1.29, 1.82) is 0 Å². The number of amides is 4. The van der Waals surface area contributed by atoms with Crippen molar-refractivity contribution in [3.63, 3.8) is 0 Å². The van der Waals surface area contributed by atoms with Crippen LogP contribution in [0.5, 0.6) is 0 Å². The third-order valence-corrected chi connectivity index (χ3v) is 5.49. The lowest BCUT2D eigenvalue weighted by Gasteiger charge is -2.14. The number of benzene rings is 2. The highest BCUT2D eigenvalue weighted by Gasteiger charge is 2.36. The third kappa shape index (κ3) is 3.92. The average Bonchev–Trinajstić information content (AvgIpc) is 3.30. The van der Waals surface area contributed by atoms with E-state index in [9.17, 15) is 14.4 Å². The van der Waals surface area contributed by atoms with E-state index in [4.69, 9.17) is 0 Å². The molecule has 30 heavy (non-hydrogen) atoms. The lowest BCUT2D eigenvalue weighted by atomic mass is 10.1. The van der Waals surface area contributed by atoms with Crippen molar-refractivity contribution >= 4 is 40.0 Å². The van der Waals surface area contributed by atoms with Crippen LogP contribution in [-0.4, -0.2) is 28.0 Å². The molecule has 2 heterocycles. The maximum Gasteiger partial charge on any atom is 0.321 e. The van der Waals surface area contributed by atoms with Gasteiger partial charge in [0.1, 0.15) is 5.01 Å². The smallest absolute Gasteiger partial charge is 0.321 e. The number of carbonyl (C=O) groups is 3. The fraction of sp³-hybridized carbons (Fsp3) is 0.190. The molecule has 0 aliphatic carbocycles. The Balaban J connectivity index is 1.35. The Morgan fingerprint density at radius 3 is 2.30 bits per heavy atom. The molecule has 2 aromatic carbocycles. The Hall–Kier alpha value is -3.59. The van der Waals surface area contributed by atoms with Crippen LogP contribution < -0.4 is 15.5 Å². The molecule has 2 N–H and O–H groups in total. The SMILES string of the molecule is CCCc1nnc(NC(=O)NCc2ccc(N3C(=O)c4ccccc4C3=O)cc2)s1. The number of anilines is 2. The number of nitrogens with one attached hydrogen (secondary N) is 2. The predicted octanol–water partition coefficient (Wildman–Crippen LogP) is 3.61. The van der Waals surface area contributed by atoms with Crippen molar-refractivity contribution in [2.45, 2.75) is 26.3 Å². The van der Waals surface area contributed by atoms with Crippen molar-refractivity contribution in [3.8, 4) is 0 Å². The van der Waals surface area contributed by atoms with Gasteiger partial charge in [0.05, 0.1) is 16.8 Å². The van der Waals surface area contributed by atoms with Crippen molar-refractivity contribution in [1.82, 2.24) is 15.5 Å². The van der Waals surface area contributed by atoms with Gasteiger partial charge in [-0.15, -0.1) is 10.2 Å². The van der Waals surface area contributed by atoms with Crippen molar-refractivity contribution in [3.05, 3.63) is 70.2 Å². The summed E-state index contributed by atoms with van der Waals surface area (Å²) in [5, 5.41) is 14.7. The van der Waals surface area contributed by atoms with Gasteiger partial charge in [-0.25, -0.2) is 9.69 Å². The average molecular weight is 421 g/mol. The van der Waals surface area contributed by atoms with Crippen LogP contribution in [0.15, 0.2) is 48.5 Å². The van der Waals surface area contributed by atoms with E-state index in [1.807, 2.05) is 0 Å². The maximum absolute atomic E-state index is 12.6. The molecule has 0 bridgehead atoms. The normalized spacial score (nSPS) is 12.8. The van der Waals surface area contributed by atoms with Crippen molar-refractivity contribution in [2.24, 2.45) is 0 Å². The van der Waals surface area contributed by atoms with Crippen LogP contribution in [0.4, 0.5) is 15.6 Å². The van der Waals surface area contributed by atoms with E-state index in [2.05, 4.69) is 27.8 Å². The van der Waals surface area contributed by atoms with E-state index in [-0.39, 0.29) is 24.4 Å². The first-order chi connectivity index (χ1) is 14.6. The standard InChI is InChI=1S/C21H19N5O3S/c1-2-5-17-24-25-21(30-17)23-20(29)22-12-13-8-10-14(11-9-13)26-18(27)15-6-3-4-7-16(15)19(26)28/h3-4,6-11H,2,5,12H2,1H3,(H2,22,23,25,29). The van der Waals surface area contributed by atoms with Crippen LogP contribution in [0.2, 0.25) is 0 Å². The van der Waals surface area contributed by atoms with Gasteiger partial charge in [-0.05, 0) is 36.2 Å². The van der Waals surface area contributed by atoms with Gasteiger partial charge in [-0.3, -0.25) is 14.9 Å². The van der Waals surface area contributed by atoms with Gasteiger partial charge in [-0.2, -0.15) is 0 Å². The van der Waals surface area contributed by atoms with E-state index in [0.29, 0.717) is 21.9 Å². The number of hydrogen-bond donors (Lipinski definition) is 2. The first-order valence-corrected chi connectivity index (χ1v) is 10.3. The summed E-state index contributed by atoms with van der Waals surface area (Å²) in [4.78, 5) is 38.3. The molecule has 4 amide bonds. The van der Waals surface area contributed by atoms with Gasteiger partial charge in [0.2, 0.25) is 5.13 Å². The molecule has 3 aromatic rings. The van der Waals surface area contributed by atoms with E-state index in [1.165, 1.54) is 11.3 Å². The molecule has 0 radical (unpaired) electrons. The number of aromatic nitrogens is 2. The van der Waals surface area contributed by atoms with Crippen LogP contribution in [0.1, 0.15) is 44.6 Å². The molecule has 4 rings (SSSR count). The summed E-state index contributed by atoms with van der Waals surface area (Å²) in [6, 6.07) is 13.3. The summed E-state index contributed by atoms with van der Waals surface area (Å²) in [7, 11) is 0. The van der Waals surface area contributed by atoms with Gasteiger partial charge in [0.15, 0.2) is 0 Å². The summed E-state index contributed by atoms with van der Waals surface area (Å²) < 4.78 is 0. The third-order valence-electron chi connectivity index (χ3n) is 4.59. The molecule has 0 spiro atoms. The van der Waals surface area contributed by atoms with Gasteiger partial charge < -0.3 is 5.32 Å². The molecule has 8 nitrogen and oxygen atoms in total. The lowest BCUT2D eigenvalue weighted by Crippen LogP contribution is -2.29. The van der Waals surface area contributed by atoms with Gasteiger partial charge in [-0.1, -0.05) is 42.5 Å². The number of fused-ring (bicyclic) bond motifs is 1. The first kappa shape index (κ1) is 19.7. The fourth-order valence-corrected chi connectivity index (χ4v) is 3.97. The zero-order chi connectivity index (χ0) is 21.1. The highest BCUT2D eigenvalue weighted by molar-refractivity contribution is 7.15. The van der Waals surface area contributed by atoms with E-state index in [0.717, 1.165) is 28.3 Å². The Bertz CT molecular complexity index is 1070. The zero-order valence-corrected chi connectivity index (χ0v) is 17.0. The Kier molecular flexibility index (Phi) is 5.53. The second kappa shape index (κ2) is 8.42. The molecule has 1 aliphatic heterocycles. The van der Waals surface area contributed by atoms with Gasteiger partial charge >= 0.3 is 6.03 Å². The summed E-state index contributed by atoms with van der Waals surface area (Å²) in [6.45, 7) is 2.34. The Labute approximate surface area is 176 Å². The van der Waals surface area contributed by atoms with Crippen LogP contribution >= 0.6 is 11.3 Å².